The van der Waals surface area contributed by atoms with Crippen molar-refractivity contribution in [2.24, 2.45) is 5.41 Å². The number of carboxylic acid groups (broad SMARTS) is 2. The van der Waals surface area contributed by atoms with E-state index in [0.29, 0.717) is 97.0 Å². The lowest BCUT2D eigenvalue weighted by Gasteiger charge is -2.58. The molecule has 17 nitrogen and oxygen atoms in total. The Morgan fingerprint density at radius 1 is 0.912 bits per heavy atom. The van der Waals surface area contributed by atoms with Crippen LogP contribution in [0.25, 0.3) is 21.2 Å². The molecule has 4 aliphatic heterocycles. The summed E-state index contributed by atoms with van der Waals surface area (Å²) in [6.07, 6.45) is 3.19. The number of likely N-dealkylation sites (tertiary alicyclic amines) is 1. The number of hydrogen-bond donors (Lipinski definition) is 5. The van der Waals surface area contributed by atoms with Crippen molar-refractivity contribution in [2.45, 2.75) is 62.3 Å². The van der Waals surface area contributed by atoms with Crippen LogP contribution in [0.15, 0.2) is 78.9 Å². The number of rotatable bonds is 13. The first-order valence-corrected chi connectivity index (χ1v) is 24.6. The van der Waals surface area contributed by atoms with Crippen LogP contribution in [-0.4, -0.2) is 108 Å². The minimum absolute atomic E-state index is 0.00256. The summed E-state index contributed by atoms with van der Waals surface area (Å²) in [7, 11) is -3.67. The summed E-state index contributed by atoms with van der Waals surface area (Å²) in [6.45, 7) is 0.810. The number of ether oxygens (including phenoxy) is 1. The largest absolute Gasteiger partial charge is 0.479 e. The second kappa shape index (κ2) is 17.3. The van der Waals surface area contributed by atoms with Crippen LogP contribution in [0.1, 0.15) is 75.6 Å². The third-order valence-corrected chi connectivity index (χ3v) is 16.6. The second-order valence-electron chi connectivity index (χ2n) is 18.2. The highest BCUT2D eigenvalue weighted by molar-refractivity contribution is 7.88. The van der Waals surface area contributed by atoms with Crippen molar-refractivity contribution >= 4 is 84.9 Å². The van der Waals surface area contributed by atoms with Gasteiger partial charge in [0.15, 0.2) is 23.1 Å². The molecule has 5 N–H and O–H groups in total. The quantitative estimate of drug-likeness (QED) is 0.0802. The fraction of sp³-hybridized carbons (Fsp3) is 0.333. The zero-order valence-corrected chi connectivity index (χ0v) is 38.0. The number of hydrogen-bond acceptors (Lipinski definition) is 11. The lowest BCUT2D eigenvalue weighted by atomic mass is 9.61. The molecule has 4 aromatic carbocycles. The highest BCUT2D eigenvalue weighted by atomic mass is 32.2. The number of aromatic carboxylic acids is 1. The third-order valence-electron chi connectivity index (χ3n) is 13.6. The molecule has 68 heavy (non-hydrogen) atoms. The normalized spacial score (nSPS) is 19.4. The fourth-order valence-electron chi connectivity index (χ4n) is 10.5. The maximum atomic E-state index is 15.3. The Labute approximate surface area is 392 Å². The van der Waals surface area contributed by atoms with Gasteiger partial charge >= 0.3 is 18.0 Å². The fourth-order valence-corrected chi connectivity index (χ4v) is 13.2. The van der Waals surface area contributed by atoms with Gasteiger partial charge in [-0.2, -0.15) is 0 Å². The zero-order chi connectivity index (χ0) is 47.6. The average Bonchev–Trinajstić information content (AvgIpc) is 3.76. The maximum absolute atomic E-state index is 15.3. The van der Waals surface area contributed by atoms with Crippen molar-refractivity contribution in [3.05, 3.63) is 106 Å². The molecular weight excluding hydrogens is 920 g/mol. The van der Waals surface area contributed by atoms with E-state index in [1.54, 1.807) is 59.5 Å². The standard InChI is InChI=1S/C48H45FN6O11S2/c49-40-41(66-22-38(57)58)43(46(61)62)67-42(40)28-5-2-7-30(19-28)50-31-20-48(21-31)24-54(25-48)68(64,65)23-26-4-1-6-29(18-26)51-47(63)53-16-14-27(15-17-53)32-10-11-35-39-33(32)8-3-9-34(39)45(60)55(35)36-12-13-37(56)52-44(36)59/h1-11,18-19,27,31,36,50H,12-17,20-25H2,(H,51,63)(H,57,58)(H,61,62)(H,52,56,59). The van der Waals surface area contributed by atoms with Crippen molar-refractivity contribution in [3.63, 3.8) is 0 Å². The molecule has 5 heterocycles. The first-order valence-electron chi connectivity index (χ1n) is 22.2. The van der Waals surface area contributed by atoms with Crippen molar-refractivity contribution in [1.82, 2.24) is 14.5 Å². The number of aliphatic carboxylic acids is 1. The van der Waals surface area contributed by atoms with Gasteiger partial charge in [-0.15, -0.1) is 11.3 Å². The van der Waals surface area contributed by atoms with Crippen LogP contribution >= 0.6 is 11.3 Å². The average molecular weight is 965 g/mol. The summed E-state index contributed by atoms with van der Waals surface area (Å²) >= 11 is 0.652. The molecule has 0 radical (unpaired) electrons. The highest BCUT2D eigenvalue weighted by Crippen LogP contribution is 2.51. The number of thiophene rings is 1. The Morgan fingerprint density at radius 3 is 2.38 bits per heavy atom. The van der Waals surface area contributed by atoms with Gasteiger partial charge in [0.25, 0.3) is 5.91 Å². The number of imide groups is 1. The Balaban J connectivity index is 0.711. The van der Waals surface area contributed by atoms with Gasteiger partial charge in [0.05, 0.1) is 16.3 Å². The topological polar surface area (TPSA) is 232 Å². The molecule has 10 rings (SSSR count). The molecule has 5 aliphatic rings. The van der Waals surface area contributed by atoms with Gasteiger partial charge in [0, 0.05) is 66.4 Å². The molecule has 5 amide bonds. The van der Waals surface area contributed by atoms with Crippen LogP contribution in [-0.2, 0) is 30.2 Å². The number of sulfonamides is 1. The van der Waals surface area contributed by atoms with Crippen molar-refractivity contribution in [3.8, 4) is 16.2 Å². The number of anilines is 3. The van der Waals surface area contributed by atoms with E-state index in [-0.39, 0.29) is 58.7 Å². The summed E-state index contributed by atoms with van der Waals surface area (Å²) in [4.78, 5) is 77.2. The molecule has 1 atom stereocenters. The molecule has 1 aliphatic carbocycles. The van der Waals surface area contributed by atoms with E-state index in [2.05, 4.69) is 16.0 Å². The van der Waals surface area contributed by atoms with Crippen molar-refractivity contribution < 1.29 is 56.5 Å². The van der Waals surface area contributed by atoms with E-state index in [1.165, 1.54) is 9.21 Å². The lowest BCUT2D eigenvalue weighted by Crippen LogP contribution is -2.66. The third kappa shape index (κ3) is 8.29. The van der Waals surface area contributed by atoms with E-state index in [4.69, 9.17) is 9.84 Å². The van der Waals surface area contributed by atoms with Crippen molar-refractivity contribution in [1.29, 1.82) is 0 Å². The van der Waals surface area contributed by atoms with E-state index in [1.807, 2.05) is 24.3 Å². The predicted molar refractivity (Wildman–Crippen MR) is 249 cm³/mol. The number of nitrogens with one attached hydrogen (secondary N) is 3. The van der Waals surface area contributed by atoms with Crippen LogP contribution in [0.5, 0.6) is 5.75 Å². The Hall–Kier alpha value is -6.90. The predicted octanol–water partition coefficient (Wildman–Crippen LogP) is 6.45. The second-order valence-corrected chi connectivity index (χ2v) is 21.2. The van der Waals surface area contributed by atoms with E-state index < -0.39 is 57.0 Å². The minimum Gasteiger partial charge on any atom is -0.479 e. The van der Waals surface area contributed by atoms with Gasteiger partial charge < -0.3 is 30.5 Å². The molecule has 352 valence electrons. The molecule has 3 saturated heterocycles. The molecular formula is C48H45FN6O11S2. The van der Waals surface area contributed by atoms with Crippen LogP contribution in [0, 0.1) is 11.2 Å². The van der Waals surface area contributed by atoms with Gasteiger partial charge in [-0.3, -0.25) is 24.6 Å². The minimum atomic E-state index is -3.67. The molecule has 20 heteroatoms. The van der Waals surface area contributed by atoms with E-state index in [9.17, 15) is 42.3 Å². The van der Waals surface area contributed by atoms with Gasteiger partial charge in [0.1, 0.15) is 6.04 Å². The van der Waals surface area contributed by atoms with Gasteiger partial charge in [0.2, 0.25) is 21.8 Å². The number of benzene rings is 4. The zero-order valence-electron chi connectivity index (χ0n) is 36.3. The van der Waals surface area contributed by atoms with Crippen LogP contribution in [0.3, 0.4) is 0 Å². The smallest absolute Gasteiger partial charge is 0.349 e. The first kappa shape index (κ1) is 44.9. The van der Waals surface area contributed by atoms with Gasteiger partial charge in [-0.05, 0) is 96.5 Å². The molecule has 1 saturated carbocycles. The summed E-state index contributed by atoms with van der Waals surface area (Å²) in [5.41, 5.74) is 4.14. The molecule has 1 unspecified atom stereocenters. The Bertz CT molecular complexity index is 3070. The van der Waals surface area contributed by atoms with Crippen LogP contribution in [0.4, 0.5) is 26.2 Å². The van der Waals surface area contributed by atoms with Crippen LogP contribution < -0.4 is 25.6 Å². The van der Waals surface area contributed by atoms with Gasteiger partial charge in [-0.25, -0.2) is 31.5 Å². The number of carbonyl (C=O) groups excluding carboxylic acids is 4. The monoisotopic (exact) mass is 964 g/mol. The molecule has 4 fully saturated rings. The Kier molecular flexibility index (Phi) is 11.4. The maximum Gasteiger partial charge on any atom is 0.349 e. The van der Waals surface area contributed by atoms with Gasteiger partial charge in [-0.1, -0.05) is 42.5 Å². The molecule has 1 aromatic heterocycles. The number of carboxylic acids is 2. The summed E-state index contributed by atoms with van der Waals surface area (Å²) in [5.74, 6) is -5.59. The van der Waals surface area contributed by atoms with Crippen molar-refractivity contribution in [2.75, 3.05) is 48.3 Å². The number of amides is 5. The summed E-state index contributed by atoms with van der Waals surface area (Å²) in [6, 6.07) is 22.1. The molecule has 1 spiro atoms. The number of urea groups is 1. The van der Waals surface area contributed by atoms with E-state index in [0.717, 1.165) is 16.3 Å². The number of halogens is 1. The number of nitrogens with zero attached hydrogens (tertiary/aromatic N) is 3. The first-order chi connectivity index (χ1) is 32.6. The lowest BCUT2D eigenvalue weighted by molar-refractivity contribution is -0.139. The molecule has 5 aromatic rings. The van der Waals surface area contributed by atoms with E-state index >= 15 is 4.39 Å². The molecule has 0 bridgehead atoms. The Morgan fingerprint density at radius 2 is 1.65 bits per heavy atom. The summed E-state index contributed by atoms with van der Waals surface area (Å²) < 4.78 is 48.9. The SMILES string of the molecule is O=C(O)COc1c(C(=O)O)sc(-c2cccc(NC3CC4(C3)CN(S(=O)(=O)Cc3cccc(NC(=O)N5CCC(c6ccc7c8c(cccc68)C(=O)N7C6CCC(=O)NC6=O)CC5)c3)C4)c2)c1F. The number of carbonyl (C=O) groups is 6. The highest BCUT2D eigenvalue weighted by Gasteiger charge is 2.55. The summed E-state index contributed by atoms with van der Waals surface area (Å²) in [5, 5.41) is 28.9. The number of piperidine rings is 2. The van der Waals surface area contributed by atoms with Crippen LogP contribution in [0.2, 0.25) is 0 Å².